The molecule has 0 bridgehead atoms. The van der Waals surface area contributed by atoms with Gasteiger partial charge in [0.1, 0.15) is 5.82 Å². The van der Waals surface area contributed by atoms with E-state index in [1.54, 1.807) is 18.5 Å². The highest BCUT2D eigenvalue weighted by atomic mass is 15.3. The van der Waals surface area contributed by atoms with Crippen LogP contribution < -0.4 is 11.3 Å². The molecule has 0 saturated heterocycles. The lowest BCUT2D eigenvalue weighted by atomic mass is 10.1. The van der Waals surface area contributed by atoms with Crippen LogP contribution >= 0.6 is 0 Å². The number of nitrogens with two attached hydrogens (primary N) is 1. The molecular formula is C14H20N6. The molecule has 2 heterocycles. The third kappa shape index (κ3) is 2.86. The van der Waals surface area contributed by atoms with E-state index in [4.69, 9.17) is 5.84 Å². The van der Waals surface area contributed by atoms with Crippen LogP contribution in [0.5, 0.6) is 0 Å². The van der Waals surface area contributed by atoms with Gasteiger partial charge in [-0.25, -0.2) is 15.4 Å². The molecule has 3 N–H and O–H groups in total. The lowest BCUT2D eigenvalue weighted by molar-refractivity contribution is 0.455. The molecule has 0 aliphatic heterocycles. The topological polar surface area (TPSA) is 81.6 Å². The van der Waals surface area contributed by atoms with Crippen molar-refractivity contribution in [2.45, 2.75) is 44.2 Å². The van der Waals surface area contributed by atoms with Gasteiger partial charge in [0, 0.05) is 25.0 Å². The number of hydrogen-bond donors (Lipinski definition) is 2. The number of rotatable bonds is 5. The summed E-state index contributed by atoms with van der Waals surface area (Å²) in [4.78, 5) is 8.48. The second-order valence-electron chi connectivity index (χ2n) is 5.26. The van der Waals surface area contributed by atoms with Crippen molar-refractivity contribution in [2.75, 3.05) is 0 Å². The first-order chi connectivity index (χ1) is 9.86. The molecule has 0 spiro atoms. The van der Waals surface area contributed by atoms with Gasteiger partial charge in [0.15, 0.2) is 0 Å². The maximum atomic E-state index is 5.62. The molecule has 106 valence electrons. The minimum absolute atomic E-state index is 0.108. The van der Waals surface area contributed by atoms with Crippen molar-refractivity contribution in [1.82, 2.24) is 25.2 Å². The highest BCUT2D eigenvalue weighted by Gasteiger charge is 2.19. The Kier molecular flexibility index (Phi) is 4.03. The van der Waals surface area contributed by atoms with Gasteiger partial charge in [-0.2, -0.15) is 5.10 Å². The fourth-order valence-electron chi connectivity index (χ4n) is 2.78. The molecule has 0 aromatic carbocycles. The Balaban J connectivity index is 1.70. The molecule has 0 amide bonds. The van der Waals surface area contributed by atoms with Crippen molar-refractivity contribution >= 4 is 0 Å². The Morgan fingerprint density at radius 1 is 1.30 bits per heavy atom. The normalized spacial score (nSPS) is 17.4. The SMILES string of the molecule is NNC(Cc1ccn(C2CCCC2)n1)c1ncccn1. The molecule has 1 unspecified atom stereocenters. The summed E-state index contributed by atoms with van der Waals surface area (Å²) < 4.78 is 2.10. The van der Waals surface area contributed by atoms with Crippen molar-refractivity contribution in [3.63, 3.8) is 0 Å². The van der Waals surface area contributed by atoms with Crippen LogP contribution in [-0.2, 0) is 6.42 Å². The van der Waals surface area contributed by atoms with Crippen LogP contribution in [0.25, 0.3) is 0 Å². The molecule has 1 fully saturated rings. The van der Waals surface area contributed by atoms with E-state index < -0.39 is 0 Å². The zero-order valence-corrected chi connectivity index (χ0v) is 11.4. The lowest BCUT2D eigenvalue weighted by Crippen LogP contribution is -2.31. The molecule has 20 heavy (non-hydrogen) atoms. The Labute approximate surface area is 118 Å². The second-order valence-corrected chi connectivity index (χ2v) is 5.26. The zero-order chi connectivity index (χ0) is 13.8. The van der Waals surface area contributed by atoms with Gasteiger partial charge in [0.2, 0.25) is 0 Å². The monoisotopic (exact) mass is 272 g/mol. The Bertz CT molecular complexity index is 532. The molecular weight excluding hydrogens is 252 g/mol. The van der Waals surface area contributed by atoms with E-state index in [1.807, 2.05) is 0 Å². The molecule has 1 saturated carbocycles. The lowest BCUT2D eigenvalue weighted by Gasteiger charge is -2.13. The molecule has 1 aliphatic rings. The third-order valence-electron chi connectivity index (χ3n) is 3.87. The highest BCUT2D eigenvalue weighted by molar-refractivity contribution is 5.06. The van der Waals surface area contributed by atoms with Crippen LogP contribution in [0, 0.1) is 0 Å². The fraction of sp³-hybridized carbons (Fsp3) is 0.500. The van der Waals surface area contributed by atoms with Crippen LogP contribution in [-0.4, -0.2) is 19.7 Å². The van der Waals surface area contributed by atoms with Crippen LogP contribution in [0.4, 0.5) is 0 Å². The molecule has 1 aliphatic carbocycles. The summed E-state index contributed by atoms with van der Waals surface area (Å²) in [6, 6.07) is 4.32. The third-order valence-corrected chi connectivity index (χ3v) is 3.87. The minimum Gasteiger partial charge on any atom is -0.271 e. The summed E-state index contributed by atoms with van der Waals surface area (Å²) in [6.07, 6.45) is 11.3. The highest BCUT2D eigenvalue weighted by Crippen LogP contribution is 2.29. The molecule has 0 radical (unpaired) electrons. The molecule has 1 atom stereocenters. The standard InChI is InChI=1S/C14H20N6/c15-18-13(14-16-7-3-8-17-14)10-11-6-9-20(19-11)12-4-1-2-5-12/h3,6-9,12-13,18H,1-2,4-5,10,15H2. The van der Waals surface area contributed by atoms with E-state index in [-0.39, 0.29) is 6.04 Å². The maximum absolute atomic E-state index is 5.62. The smallest absolute Gasteiger partial charge is 0.146 e. The Morgan fingerprint density at radius 3 is 2.75 bits per heavy atom. The predicted molar refractivity (Wildman–Crippen MR) is 75.5 cm³/mol. The molecule has 6 nitrogen and oxygen atoms in total. The van der Waals surface area contributed by atoms with Gasteiger partial charge >= 0.3 is 0 Å². The van der Waals surface area contributed by atoms with Gasteiger partial charge in [0.05, 0.1) is 17.8 Å². The summed E-state index contributed by atoms with van der Waals surface area (Å²) in [6.45, 7) is 0. The van der Waals surface area contributed by atoms with Crippen LogP contribution in [0.15, 0.2) is 30.7 Å². The first-order valence-electron chi connectivity index (χ1n) is 7.14. The number of nitrogens with one attached hydrogen (secondary N) is 1. The van der Waals surface area contributed by atoms with E-state index in [0.29, 0.717) is 18.3 Å². The minimum atomic E-state index is -0.108. The van der Waals surface area contributed by atoms with Crippen LogP contribution in [0.1, 0.15) is 49.3 Å². The van der Waals surface area contributed by atoms with Gasteiger partial charge in [-0.1, -0.05) is 12.8 Å². The zero-order valence-electron chi connectivity index (χ0n) is 11.4. The van der Waals surface area contributed by atoms with Crippen molar-refractivity contribution in [3.8, 4) is 0 Å². The molecule has 2 aromatic rings. The molecule has 2 aromatic heterocycles. The van der Waals surface area contributed by atoms with Crippen molar-refractivity contribution in [1.29, 1.82) is 0 Å². The summed E-state index contributed by atoms with van der Waals surface area (Å²) in [5.41, 5.74) is 3.79. The molecule has 6 heteroatoms. The van der Waals surface area contributed by atoms with E-state index in [9.17, 15) is 0 Å². The first kappa shape index (κ1) is 13.2. The Morgan fingerprint density at radius 2 is 2.05 bits per heavy atom. The first-order valence-corrected chi connectivity index (χ1v) is 7.14. The van der Waals surface area contributed by atoms with E-state index in [0.717, 1.165) is 5.69 Å². The number of aromatic nitrogens is 4. The largest absolute Gasteiger partial charge is 0.271 e. The van der Waals surface area contributed by atoms with Crippen molar-refractivity contribution in [3.05, 3.63) is 42.2 Å². The number of hydrogen-bond acceptors (Lipinski definition) is 5. The van der Waals surface area contributed by atoms with Gasteiger partial charge in [0.25, 0.3) is 0 Å². The maximum Gasteiger partial charge on any atom is 0.146 e. The average Bonchev–Trinajstić information content (AvgIpc) is 3.16. The van der Waals surface area contributed by atoms with E-state index >= 15 is 0 Å². The van der Waals surface area contributed by atoms with Gasteiger partial charge in [-0.05, 0) is 25.0 Å². The van der Waals surface area contributed by atoms with E-state index in [2.05, 4.69) is 37.4 Å². The van der Waals surface area contributed by atoms with Gasteiger partial charge in [-0.15, -0.1) is 0 Å². The second kappa shape index (κ2) is 6.11. The fourth-order valence-corrected chi connectivity index (χ4v) is 2.78. The summed E-state index contributed by atoms with van der Waals surface area (Å²) in [5, 5.41) is 4.67. The van der Waals surface area contributed by atoms with Crippen molar-refractivity contribution in [2.24, 2.45) is 5.84 Å². The summed E-state index contributed by atoms with van der Waals surface area (Å²) in [7, 11) is 0. The number of nitrogens with zero attached hydrogens (tertiary/aromatic N) is 4. The number of hydrazine groups is 1. The van der Waals surface area contributed by atoms with Crippen LogP contribution in [0.2, 0.25) is 0 Å². The average molecular weight is 272 g/mol. The van der Waals surface area contributed by atoms with Crippen LogP contribution in [0.3, 0.4) is 0 Å². The van der Waals surface area contributed by atoms with Crippen molar-refractivity contribution < 1.29 is 0 Å². The van der Waals surface area contributed by atoms with Gasteiger partial charge < -0.3 is 0 Å². The summed E-state index contributed by atoms with van der Waals surface area (Å²) in [5.74, 6) is 6.32. The molecule has 3 rings (SSSR count). The summed E-state index contributed by atoms with van der Waals surface area (Å²) >= 11 is 0. The quantitative estimate of drug-likeness (QED) is 0.637. The Hall–Kier alpha value is -1.79. The van der Waals surface area contributed by atoms with E-state index in [1.165, 1.54) is 25.7 Å². The predicted octanol–water partition coefficient (Wildman–Crippen LogP) is 1.54. The van der Waals surface area contributed by atoms with Gasteiger partial charge in [-0.3, -0.25) is 10.5 Å².